The molecular formula is C42H24N2S. The average molecular weight is 589 g/mol. The number of rotatable bonds is 2. The Morgan fingerprint density at radius 1 is 0.356 bits per heavy atom. The minimum atomic E-state index is 0.901. The molecule has 1 aliphatic rings. The Kier molecular flexibility index (Phi) is 5.19. The van der Waals surface area contributed by atoms with E-state index in [2.05, 4.69) is 115 Å². The quantitative estimate of drug-likeness (QED) is 0.201. The molecule has 0 bridgehead atoms. The molecule has 0 fully saturated rings. The van der Waals surface area contributed by atoms with Crippen LogP contribution in [0, 0.1) is 0 Å². The summed E-state index contributed by atoms with van der Waals surface area (Å²) in [4.78, 5) is 10.3. The first-order valence-corrected chi connectivity index (χ1v) is 16.1. The molecular weight excluding hydrogens is 565 g/mol. The molecule has 0 N–H and O–H groups in total. The Morgan fingerprint density at radius 2 is 0.933 bits per heavy atom. The number of hydrogen-bond acceptors (Lipinski definition) is 3. The molecule has 0 saturated carbocycles. The largest absolute Gasteiger partial charge is 0.244 e. The molecule has 1 aliphatic carbocycles. The van der Waals surface area contributed by atoms with Crippen molar-refractivity contribution in [3.8, 4) is 55.9 Å². The van der Waals surface area contributed by atoms with Gasteiger partial charge < -0.3 is 0 Å². The van der Waals surface area contributed by atoms with E-state index in [1.54, 1.807) is 0 Å². The second-order valence-corrected chi connectivity index (χ2v) is 12.8. The Balaban J connectivity index is 1.30. The molecule has 0 radical (unpaired) electrons. The predicted molar refractivity (Wildman–Crippen MR) is 191 cm³/mol. The molecule has 10 rings (SSSR count). The summed E-state index contributed by atoms with van der Waals surface area (Å²) in [6.07, 6.45) is 0. The molecule has 0 aliphatic heterocycles. The van der Waals surface area contributed by atoms with Crippen molar-refractivity contribution in [2.24, 2.45) is 0 Å². The zero-order chi connectivity index (χ0) is 29.5. The van der Waals surface area contributed by atoms with Gasteiger partial charge in [-0.25, -0.2) is 9.97 Å². The summed E-state index contributed by atoms with van der Waals surface area (Å²) >= 11 is 1.87. The van der Waals surface area contributed by atoms with Crippen LogP contribution >= 0.6 is 11.3 Å². The fourth-order valence-electron chi connectivity index (χ4n) is 7.24. The fourth-order valence-corrected chi connectivity index (χ4v) is 8.38. The van der Waals surface area contributed by atoms with Gasteiger partial charge in [0.05, 0.1) is 22.4 Å². The fraction of sp³-hybridized carbons (Fsp3) is 0. The van der Waals surface area contributed by atoms with Gasteiger partial charge in [0.1, 0.15) is 0 Å². The third-order valence-corrected chi connectivity index (χ3v) is 10.3. The highest BCUT2D eigenvalue weighted by Crippen LogP contribution is 2.51. The maximum Gasteiger partial charge on any atom is 0.0973 e. The molecule has 2 heterocycles. The van der Waals surface area contributed by atoms with Crippen LogP contribution in [0.1, 0.15) is 0 Å². The topological polar surface area (TPSA) is 25.8 Å². The highest BCUT2D eigenvalue weighted by molar-refractivity contribution is 7.26. The van der Waals surface area contributed by atoms with Crippen molar-refractivity contribution in [3.63, 3.8) is 0 Å². The van der Waals surface area contributed by atoms with Gasteiger partial charge in [-0.1, -0.05) is 115 Å². The lowest BCUT2D eigenvalue weighted by Crippen LogP contribution is -1.95. The molecule has 3 heteroatoms. The molecule has 2 aromatic heterocycles. The van der Waals surface area contributed by atoms with Gasteiger partial charge in [0.2, 0.25) is 0 Å². The number of thiophene rings is 1. The highest BCUT2D eigenvalue weighted by Gasteiger charge is 2.24. The Morgan fingerprint density at radius 3 is 1.64 bits per heavy atom. The molecule has 45 heavy (non-hydrogen) atoms. The SMILES string of the molecule is c1ccc(-c2nc3ccccc3nc2-c2ccc3sc4cc5c6c(cccc6c4c3c2)-c2ccccc2-c2ccccc2-5)cc1. The monoisotopic (exact) mass is 588 g/mol. The molecule has 0 amide bonds. The van der Waals surface area contributed by atoms with E-state index in [0.717, 1.165) is 33.5 Å². The first-order chi connectivity index (χ1) is 22.3. The lowest BCUT2D eigenvalue weighted by Gasteiger charge is -2.13. The molecule has 9 aromatic rings. The molecule has 0 spiro atoms. The summed E-state index contributed by atoms with van der Waals surface area (Å²) in [5.74, 6) is 0. The van der Waals surface area contributed by atoms with Gasteiger partial charge in [0, 0.05) is 31.3 Å². The van der Waals surface area contributed by atoms with E-state index in [-0.39, 0.29) is 0 Å². The summed E-state index contributed by atoms with van der Waals surface area (Å²) < 4.78 is 2.58. The maximum atomic E-state index is 5.21. The van der Waals surface area contributed by atoms with E-state index < -0.39 is 0 Å². The second kappa shape index (κ2) is 9.43. The van der Waals surface area contributed by atoms with Crippen LogP contribution in [-0.4, -0.2) is 9.97 Å². The van der Waals surface area contributed by atoms with E-state index in [1.165, 1.54) is 64.3 Å². The Hall–Kier alpha value is -5.64. The minimum Gasteiger partial charge on any atom is -0.244 e. The molecule has 0 unspecified atom stereocenters. The lowest BCUT2D eigenvalue weighted by atomic mass is 9.91. The van der Waals surface area contributed by atoms with Gasteiger partial charge in [-0.05, 0) is 74.5 Å². The van der Waals surface area contributed by atoms with Gasteiger partial charge in [-0.3, -0.25) is 0 Å². The van der Waals surface area contributed by atoms with Crippen molar-refractivity contribution in [1.29, 1.82) is 0 Å². The van der Waals surface area contributed by atoms with E-state index in [1.807, 2.05) is 41.7 Å². The zero-order valence-electron chi connectivity index (χ0n) is 24.2. The van der Waals surface area contributed by atoms with Crippen LogP contribution in [0.3, 0.4) is 0 Å². The van der Waals surface area contributed by atoms with Gasteiger partial charge in [0.15, 0.2) is 0 Å². The van der Waals surface area contributed by atoms with Gasteiger partial charge in [-0.2, -0.15) is 0 Å². The third-order valence-electron chi connectivity index (χ3n) is 9.21. The second-order valence-electron chi connectivity index (χ2n) is 11.7. The first-order valence-electron chi connectivity index (χ1n) is 15.3. The van der Waals surface area contributed by atoms with Crippen LogP contribution < -0.4 is 0 Å². The highest BCUT2D eigenvalue weighted by atomic mass is 32.1. The summed E-state index contributed by atoms with van der Waals surface area (Å²) in [7, 11) is 0. The number of fused-ring (bicyclic) bond motifs is 10. The number of para-hydroxylation sites is 2. The van der Waals surface area contributed by atoms with Gasteiger partial charge in [0.25, 0.3) is 0 Å². The van der Waals surface area contributed by atoms with E-state index in [0.29, 0.717) is 0 Å². The molecule has 2 nitrogen and oxygen atoms in total. The predicted octanol–water partition coefficient (Wildman–Crippen LogP) is 11.8. The van der Waals surface area contributed by atoms with Gasteiger partial charge >= 0.3 is 0 Å². The molecule has 7 aromatic carbocycles. The van der Waals surface area contributed by atoms with Crippen LogP contribution in [0.15, 0.2) is 146 Å². The van der Waals surface area contributed by atoms with Crippen LogP contribution in [0.5, 0.6) is 0 Å². The number of nitrogens with zero attached hydrogens (tertiary/aromatic N) is 2. The van der Waals surface area contributed by atoms with Crippen molar-refractivity contribution >= 4 is 53.3 Å². The summed E-state index contributed by atoms with van der Waals surface area (Å²) in [6.45, 7) is 0. The van der Waals surface area contributed by atoms with Crippen LogP contribution in [0.2, 0.25) is 0 Å². The molecule has 0 atom stereocenters. The van der Waals surface area contributed by atoms with Gasteiger partial charge in [-0.15, -0.1) is 11.3 Å². The van der Waals surface area contributed by atoms with E-state index in [9.17, 15) is 0 Å². The summed E-state index contributed by atoms with van der Waals surface area (Å²) in [5.41, 5.74) is 13.5. The molecule has 208 valence electrons. The maximum absolute atomic E-state index is 5.21. The standard InChI is InChI=1S/C42H24N2S/c1-2-11-25(12-3-1)41-42(44-36-20-9-8-19-35(36)43-41)26-21-22-37-34(23-26)40-32-18-10-17-31-29-15-6-4-13-27(29)28-14-5-7-16-30(28)33(39(31)32)24-38(40)45-37/h1-24H. The van der Waals surface area contributed by atoms with Crippen molar-refractivity contribution in [2.75, 3.05) is 0 Å². The summed E-state index contributed by atoms with van der Waals surface area (Å²) in [5, 5.41) is 5.19. The summed E-state index contributed by atoms with van der Waals surface area (Å²) in [6, 6.07) is 52.3. The zero-order valence-corrected chi connectivity index (χ0v) is 25.0. The van der Waals surface area contributed by atoms with Crippen molar-refractivity contribution < 1.29 is 0 Å². The number of hydrogen-bond donors (Lipinski definition) is 0. The van der Waals surface area contributed by atoms with Crippen molar-refractivity contribution in [2.45, 2.75) is 0 Å². The van der Waals surface area contributed by atoms with Crippen LogP contribution in [0.4, 0.5) is 0 Å². The van der Waals surface area contributed by atoms with Crippen LogP contribution in [0.25, 0.3) is 97.9 Å². The number of aromatic nitrogens is 2. The Bertz CT molecular complexity index is 2650. The number of benzene rings is 7. The normalized spacial score (nSPS) is 12.0. The molecule has 0 saturated heterocycles. The average Bonchev–Trinajstić information content (AvgIpc) is 3.43. The van der Waals surface area contributed by atoms with E-state index in [4.69, 9.17) is 9.97 Å². The van der Waals surface area contributed by atoms with Crippen molar-refractivity contribution in [1.82, 2.24) is 9.97 Å². The smallest absolute Gasteiger partial charge is 0.0973 e. The Labute approximate surface area is 263 Å². The first kappa shape index (κ1) is 24.8. The minimum absolute atomic E-state index is 0.901. The van der Waals surface area contributed by atoms with Crippen LogP contribution in [-0.2, 0) is 0 Å². The third kappa shape index (κ3) is 3.62. The lowest BCUT2D eigenvalue weighted by molar-refractivity contribution is 1.29. The van der Waals surface area contributed by atoms with E-state index >= 15 is 0 Å². The van der Waals surface area contributed by atoms with Crippen molar-refractivity contribution in [3.05, 3.63) is 146 Å².